The molecule has 0 saturated heterocycles. The fourth-order valence-electron chi connectivity index (χ4n) is 1.25. The molecule has 0 aromatic heterocycles. The molecule has 0 aliphatic rings. The molecule has 0 bridgehead atoms. The second-order valence-corrected chi connectivity index (χ2v) is 2.86. The molecule has 0 spiro atoms. The first-order valence-corrected chi connectivity index (χ1v) is 4.42. The number of ether oxygens (including phenoxy) is 2. The third kappa shape index (κ3) is 2.41. The molecule has 6 heteroatoms. The Bertz CT molecular complexity index is 417. The third-order valence-corrected chi connectivity index (χ3v) is 1.88. The van der Waals surface area contributed by atoms with Crippen molar-refractivity contribution in [1.29, 1.82) is 0 Å². The molecule has 86 valence electrons. The number of methoxy groups -OCH3 is 2. The molecule has 16 heavy (non-hydrogen) atoms. The third-order valence-electron chi connectivity index (χ3n) is 1.88. The van der Waals surface area contributed by atoms with Crippen LogP contribution in [-0.2, 0) is 0 Å². The molecule has 1 aromatic rings. The Balaban J connectivity index is 3.12. The van der Waals surface area contributed by atoms with Crippen LogP contribution < -0.4 is 20.5 Å². The highest BCUT2D eigenvalue weighted by molar-refractivity contribution is 6.05. The minimum Gasteiger partial charge on any atom is -0.493 e. The van der Waals surface area contributed by atoms with Crippen molar-refractivity contribution in [3.8, 4) is 11.5 Å². The summed E-state index contributed by atoms with van der Waals surface area (Å²) < 4.78 is 10.0. The molecule has 0 aliphatic heterocycles. The van der Waals surface area contributed by atoms with Gasteiger partial charge in [-0.05, 0) is 12.1 Å². The number of amides is 3. The maximum Gasteiger partial charge on any atom is 0.319 e. The van der Waals surface area contributed by atoms with Gasteiger partial charge in [-0.25, -0.2) is 4.79 Å². The highest BCUT2D eigenvalue weighted by Gasteiger charge is 2.16. The van der Waals surface area contributed by atoms with Gasteiger partial charge in [0.1, 0.15) is 0 Å². The maximum absolute atomic E-state index is 11.6. The predicted octanol–water partition coefficient (Wildman–Crippen LogP) is 0.512. The number of para-hydroxylation sites is 1. The van der Waals surface area contributed by atoms with Crippen molar-refractivity contribution in [3.05, 3.63) is 23.8 Å². The summed E-state index contributed by atoms with van der Waals surface area (Å²) in [5, 5.41) is 1.95. The first-order valence-electron chi connectivity index (χ1n) is 4.42. The van der Waals surface area contributed by atoms with Gasteiger partial charge in [-0.1, -0.05) is 6.07 Å². The number of carbonyl (C=O) groups is 2. The fraction of sp³-hybridized carbons (Fsp3) is 0.200. The van der Waals surface area contributed by atoms with Gasteiger partial charge in [0.05, 0.1) is 19.8 Å². The Morgan fingerprint density at radius 2 is 1.94 bits per heavy atom. The van der Waals surface area contributed by atoms with E-state index in [2.05, 4.69) is 0 Å². The molecule has 1 rings (SSSR count). The Labute approximate surface area is 92.3 Å². The van der Waals surface area contributed by atoms with Crippen LogP contribution in [0.15, 0.2) is 18.2 Å². The molecule has 0 atom stereocenters. The minimum absolute atomic E-state index is 0.181. The van der Waals surface area contributed by atoms with Gasteiger partial charge in [-0.2, -0.15) is 0 Å². The fourth-order valence-corrected chi connectivity index (χ4v) is 1.25. The highest BCUT2D eigenvalue weighted by Crippen LogP contribution is 2.30. The largest absolute Gasteiger partial charge is 0.493 e. The summed E-state index contributed by atoms with van der Waals surface area (Å²) in [6, 6.07) is 3.83. The maximum atomic E-state index is 11.6. The highest BCUT2D eigenvalue weighted by atomic mass is 16.5. The van der Waals surface area contributed by atoms with Gasteiger partial charge in [0.15, 0.2) is 11.5 Å². The van der Waals surface area contributed by atoms with Gasteiger partial charge in [0, 0.05) is 0 Å². The van der Waals surface area contributed by atoms with Gasteiger partial charge in [0.25, 0.3) is 5.91 Å². The number of rotatable bonds is 3. The number of primary amides is 1. The summed E-state index contributed by atoms with van der Waals surface area (Å²) in [6.07, 6.45) is 0. The lowest BCUT2D eigenvalue weighted by Crippen LogP contribution is -2.35. The number of urea groups is 1. The Morgan fingerprint density at radius 3 is 2.44 bits per heavy atom. The first kappa shape index (κ1) is 11.8. The molecule has 3 N–H and O–H groups in total. The number of carbonyl (C=O) groups excluding carboxylic acids is 2. The average molecular weight is 224 g/mol. The van der Waals surface area contributed by atoms with Crippen LogP contribution in [0.25, 0.3) is 0 Å². The number of hydrogen-bond donors (Lipinski definition) is 2. The van der Waals surface area contributed by atoms with Crippen LogP contribution in [0.5, 0.6) is 11.5 Å². The van der Waals surface area contributed by atoms with E-state index in [0.717, 1.165) is 0 Å². The van der Waals surface area contributed by atoms with Gasteiger partial charge in [0.2, 0.25) is 0 Å². The monoisotopic (exact) mass is 224 g/mol. The lowest BCUT2D eigenvalue weighted by atomic mass is 10.1. The zero-order valence-corrected chi connectivity index (χ0v) is 8.94. The molecule has 6 nitrogen and oxygen atoms in total. The van der Waals surface area contributed by atoms with E-state index in [0.29, 0.717) is 5.75 Å². The van der Waals surface area contributed by atoms with Crippen molar-refractivity contribution in [2.75, 3.05) is 14.2 Å². The van der Waals surface area contributed by atoms with E-state index < -0.39 is 11.9 Å². The molecular formula is C10H12N2O4. The normalized spacial score (nSPS) is 9.38. The predicted molar refractivity (Wildman–Crippen MR) is 56.6 cm³/mol. The first-order chi connectivity index (χ1) is 7.60. The second kappa shape index (κ2) is 5.01. The molecule has 0 unspecified atom stereocenters. The summed E-state index contributed by atoms with van der Waals surface area (Å²) in [4.78, 5) is 22.1. The molecule has 0 saturated carbocycles. The van der Waals surface area contributed by atoms with Crippen LogP contribution in [0.1, 0.15) is 10.4 Å². The lowest BCUT2D eigenvalue weighted by molar-refractivity contribution is 0.0962. The van der Waals surface area contributed by atoms with E-state index >= 15 is 0 Å². The molecule has 1 aromatic carbocycles. The zero-order chi connectivity index (χ0) is 12.1. The summed E-state index contributed by atoms with van der Waals surface area (Å²) in [5.41, 5.74) is 5.03. The van der Waals surface area contributed by atoms with Crippen LogP contribution in [0.4, 0.5) is 4.79 Å². The standard InChI is InChI=1S/C10H12N2O4/c1-15-7-5-3-4-6(8(7)16-2)9(13)12-10(11)14/h3-5H,1-2H3,(H3,11,12,13,14). The Kier molecular flexibility index (Phi) is 3.71. The van der Waals surface area contributed by atoms with Gasteiger partial charge in [-0.15, -0.1) is 0 Å². The SMILES string of the molecule is COc1cccc(C(=O)NC(N)=O)c1OC. The number of imide groups is 1. The number of nitrogens with one attached hydrogen (secondary N) is 1. The summed E-state index contributed by atoms with van der Waals surface area (Å²) in [5.74, 6) is 0.0200. The summed E-state index contributed by atoms with van der Waals surface area (Å²) >= 11 is 0. The molecule has 0 radical (unpaired) electrons. The van der Waals surface area contributed by atoms with Crippen molar-refractivity contribution in [2.45, 2.75) is 0 Å². The van der Waals surface area contributed by atoms with Crippen molar-refractivity contribution in [3.63, 3.8) is 0 Å². The van der Waals surface area contributed by atoms with Crippen molar-refractivity contribution in [2.24, 2.45) is 5.73 Å². The topological polar surface area (TPSA) is 90.6 Å². The van der Waals surface area contributed by atoms with Gasteiger partial charge >= 0.3 is 6.03 Å². The Hall–Kier alpha value is -2.24. The van der Waals surface area contributed by atoms with Crippen molar-refractivity contribution in [1.82, 2.24) is 5.32 Å². The number of hydrogen-bond acceptors (Lipinski definition) is 4. The van der Waals surface area contributed by atoms with Crippen LogP contribution in [0.3, 0.4) is 0 Å². The van der Waals surface area contributed by atoms with Gasteiger partial charge < -0.3 is 15.2 Å². The summed E-state index contributed by atoms with van der Waals surface area (Å²) in [6.45, 7) is 0. The van der Waals surface area contributed by atoms with E-state index in [1.165, 1.54) is 20.3 Å². The van der Waals surface area contributed by atoms with E-state index in [4.69, 9.17) is 15.2 Å². The smallest absolute Gasteiger partial charge is 0.319 e. The van der Waals surface area contributed by atoms with Crippen molar-refractivity contribution >= 4 is 11.9 Å². The van der Waals surface area contributed by atoms with E-state index in [1.54, 1.807) is 12.1 Å². The van der Waals surface area contributed by atoms with Crippen LogP contribution in [0.2, 0.25) is 0 Å². The van der Waals surface area contributed by atoms with Crippen LogP contribution >= 0.6 is 0 Å². The molecule has 0 fully saturated rings. The molecule has 0 aliphatic carbocycles. The zero-order valence-electron chi connectivity index (χ0n) is 8.94. The quantitative estimate of drug-likeness (QED) is 0.782. The summed E-state index contributed by atoms with van der Waals surface area (Å²) in [7, 11) is 2.85. The Morgan fingerprint density at radius 1 is 1.25 bits per heavy atom. The van der Waals surface area contributed by atoms with Crippen LogP contribution in [-0.4, -0.2) is 26.2 Å². The molecule has 0 heterocycles. The van der Waals surface area contributed by atoms with Gasteiger partial charge in [-0.3, -0.25) is 10.1 Å². The van der Waals surface area contributed by atoms with E-state index in [1.807, 2.05) is 5.32 Å². The number of benzene rings is 1. The minimum atomic E-state index is -0.921. The molecule has 3 amide bonds. The lowest BCUT2D eigenvalue weighted by Gasteiger charge is -2.11. The molecular weight excluding hydrogens is 212 g/mol. The van der Waals surface area contributed by atoms with E-state index in [9.17, 15) is 9.59 Å². The van der Waals surface area contributed by atoms with Crippen LogP contribution in [0, 0.1) is 0 Å². The average Bonchev–Trinajstić information content (AvgIpc) is 2.26. The van der Waals surface area contributed by atoms with Crippen molar-refractivity contribution < 1.29 is 19.1 Å². The second-order valence-electron chi connectivity index (χ2n) is 2.86. The van der Waals surface area contributed by atoms with E-state index in [-0.39, 0.29) is 11.3 Å². The number of nitrogens with two attached hydrogens (primary N) is 1.